The quantitative estimate of drug-likeness (QED) is 0.782. The number of aliphatic carboxylic acids is 1. The van der Waals surface area contributed by atoms with E-state index in [1.807, 2.05) is 42.5 Å². The van der Waals surface area contributed by atoms with Crippen LogP contribution >= 0.6 is 0 Å². The van der Waals surface area contributed by atoms with E-state index in [0.717, 1.165) is 27.7 Å². The van der Waals surface area contributed by atoms with Gasteiger partial charge < -0.3 is 5.11 Å². The minimum absolute atomic E-state index is 0.126. The molecule has 110 valence electrons. The van der Waals surface area contributed by atoms with Crippen LogP contribution in [0.25, 0.3) is 22.2 Å². The molecule has 0 aliphatic heterocycles. The van der Waals surface area contributed by atoms with Gasteiger partial charge in [0.05, 0.1) is 11.2 Å². The molecular weight excluding hydrogens is 274 g/mol. The van der Waals surface area contributed by atoms with Crippen molar-refractivity contribution in [2.75, 3.05) is 0 Å². The molecule has 0 aliphatic carbocycles. The molecule has 3 heteroatoms. The topological polar surface area (TPSA) is 50.2 Å². The summed E-state index contributed by atoms with van der Waals surface area (Å²) in [5.74, 6) is -0.780. The first-order valence-corrected chi connectivity index (χ1v) is 7.31. The number of aromatic nitrogens is 1. The van der Waals surface area contributed by atoms with Crippen LogP contribution in [-0.4, -0.2) is 16.1 Å². The Bertz CT molecular complexity index is 840. The zero-order chi connectivity index (χ0) is 15.5. The van der Waals surface area contributed by atoms with E-state index in [1.165, 1.54) is 5.56 Å². The van der Waals surface area contributed by atoms with E-state index in [1.54, 1.807) is 0 Å². The molecule has 22 heavy (non-hydrogen) atoms. The molecule has 1 heterocycles. The molecule has 3 rings (SSSR count). The second kappa shape index (κ2) is 5.98. The highest BCUT2D eigenvalue weighted by Gasteiger charge is 2.09. The number of carboxylic acids is 1. The second-order valence-electron chi connectivity index (χ2n) is 5.45. The molecule has 0 spiro atoms. The number of pyridine rings is 1. The van der Waals surface area contributed by atoms with Crippen LogP contribution in [0.2, 0.25) is 0 Å². The van der Waals surface area contributed by atoms with E-state index in [-0.39, 0.29) is 6.42 Å². The van der Waals surface area contributed by atoms with Crippen LogP contribution in [-0.2, 0) is 11.2 Å². The van der Waals surface area contributed by atoms with Gasteiger partial charge in [-0.05, 0) is 37.1 Å². The van der Waals surface area contributed by atoms with Gasteiger partial charge in [-0.3, -0.25) is 4.79 Å². The normalized spacial score (nSPS) is 10.8. The third-order valence-electron chi connectivity index (χ3n) is 3.72. The number of fused-ring (bicyclic) bond motifs is 1. The van der Waals surface area contributed by atoms with Gasteiger partial charge in [0.2, 0.25) is 0 Å². The Morgan fingerprint density at radius 2 is 1.91 bits per heavy atom. The summed E-state index contributed by atoms with van der Waals surface area (Å²) in [6.07, 6.45) is 0.637. The van der Waals surface area contributed by atoms with E-state index in [2.05, 4.69) is 19.1 Å². The van der Waals surface area contributed by atoms with E-state index in [9.17, 15) is 4.79 Å². The number of carboxylic acid groups (broad SMARTS) is 1. The maximum Gasteiger partial charge on any atom is 0.303 e. The van der Waals surface area contributed by atoms with E-state index >= 15 is 0 Å². The number of hydrogen-bond acceptors (Lipinski definition) is 2. The maximum atomic E-state index is 10.9. The third kappa shape index (κ3) is 2.98. The smallest absolute Gasteiger partial charge is 0.303 e. The fourth-order valence-electron chi connectivity index (χ4n) is 2.65. The summed E-state index contributed by atoms with van der Waals surface area (Å²) in [4.78, 5) is 15.6. The minimum Gasteiger partial charge on any atom is -0.481 e. The zero-order valence-electron chi connectivity index (χ0n) is 12.4. The lowest BCUT2D eigenvalue weighted by Crippen LogP contribution is -1.99. The zero-order valence-corrected chi connectivity index (χ0v) is 12.4. The Morgan fingerprint density at radius 1 is 1.09 bits per heavy atom. The molecule has 0 amide bonds. The Labute approximate surface area is 129 Å². The van der Waals surface area contributed by atoms with Crippen molar-refractivity contribution in [3.8, 4) is 11.3 Å². The highest BCUT2D eigenvalue weighted by atomic mass is 16.4. The monoisotopic (exact) mass is 291 g/mol. The summed E-state index contributed by atoms with van der Waals surface area (Å²) in [5, 5.41) is 9.98. The van der Waals surface area contributed by atoms with Crippen molar-refractivity contribution in [2.24, 2.45) is 0 Å². The fourth-order valence-corrected chi connectivity index (χ4v) is 2.65. The van der Waals surface area contributed by atoms with Gasteiger partial charge in [-0.15, -0.1) is 0 Å². The molecule has 0 bridgehead atoms. The van der Waals surface area contributed by atoms with Crippen LogP contribution in [0.15, 0.2) is 54.6 Å². The van der Waals surface area contributed by atoms with Crippen molar-refractivity contribution in [1.29, 1.82) is 0 Å². The molecule has 3 nitrogen and oxygen atoms in total. The predicted molar refractivity (Wildman–Crippen MR) is 87.9 cm³/mol. The summed E-state index contributed by atoms with van der Waals surface area (Å²) < 4.78 is 0. The Hall–Kier alpha value is -2.68. The molecule has 0 unspecified atom stereocenters. The van der Waals surface area contributed by atoms with E-state index < -0.39 is 5.97 Å². The van der Waals surface area contributed by atoms with Crippen LogP contribution < -0.4 is 0 Å². The number of benzene rings is 2. The molecule has 0 saturated carbocycles. The van der Waals surface area contributed by atoms with Crippen molar-refractivity contribution in [3.63, 3.8) is 0 Å². The van der Waals surface area contributed by atoms with Crippen LogP contribution in [0.5, 0.6) is 0 Å². The molecule has 1 N–H and O–H groups in total. The van der Waals surface area contributed by atoms with Gasteiger partial charge in [0.25, 0.3) is 0 Å². The standard InChI is InChI=1S/C19H17NO2/c1-13-5-4-6-15(11-13)18-12-14(9-10-19(21)22)16-7-2-3-8-17(16)20-18/h2-8,11-12H,9-10H2,1H3,(H,21,22). The van der Waals surface area contributed by atoms with Crippen LogP contribution in [0.3, 0.4) is 0 Å². The van der Waals surface area contributed by atoms with Crippen molar-refractivity contribution in [2.45, 2.75) is 19.8 Å². The number of carbonyl (C=O) groups is 1. The van der Waals surface area contributed by atoms with E-state index in [0.29, 0.717) is 6.42 Å². The van der Waals surface area contributed by atoms with Crippen LogP contribution in [0.1, 0.15) is 17.5 Å². The first-order chi connectivity index (χ1) is 10.6. The van der Waals surface area contributed by atoms with Crippen LogP contribution in [0, 0.1) is 6.92 Å². The Balaban J connectivity index is 2.13. The van der Waals surface area contributed by atoms with Gasteiger partial charge in [-0.1, -0.05) is 42.0 Å². The molecule has 1 aromatic heterocycles. The van der Waals surface area contributed by atoms with Gasteiger partial charge in [0.15, 0.2) is 0 Å². The van der Waals surface area contributed by atoms with Gasteiger partial charge in [-0.2, -0.15) is 0 Å². The minimum atomic E-state index is -0.780. The molecular formula is C19H17NO2. The van der Waals surface area contributed by atoms with Gasteiger partial charge in [-0.25, -0.2) is 4.98 Å². The molecule has 0 saturated heterocycles. The second-order valence-corrected chi connectivity index (χ2v) is 5.45. The lowest BCUT2D eigenvalue weighted by atomic mass is 10.00. The van der Waals surface area contributed by atoms with Crippen molar-refractivity contribution < 1.29 is 9.90 Å². The first kappa shape index (κ1) is 14.3. The van der Waals surface area contributed by atoms with Crippen LogP contribution in [0.4, 0.5) is 0 Å². The number of para-hydroxylation sites is 1. The van der Waals surface area contributed by atoms with Crippen molar-refractivity contribution >= 4 is 16.9 Å². The summed E-state index contributed by atoms with van der Waals surface area (Å²) >= 11 is 0. The summed E-state index contributed by atoms with van der Waals surface area (Å²) in [7, 11) is 0. The van der Waals surface area contributed by atoms with Crippen molar-refractivity contribution in [1.82, 2.24) is 4.98 Å². The van der Waals surface area contributed by atoms with E-state index in [4.69, 9.17) is 10.1 Å². The molecule has 0 aliphatic rings. The van der Waals surface area contributed by atoms with Gasteiger partial charge in [0, 0.05) is 17.4 Å². The highest BCUT2D eigenvalue weighted by molar-refractivity contribution is 5.85. The SMILES string of the molecule is Cc1cccc(-c2cc(CCC(=O)O)c3ccccc3n2)c1. The third-order valence-corrected chi connectivity index (χ3v) is 3.72. The van der Waals surface area contributed by atoms with Crippen molar-refractivity contribution in [3.05, 3.63) is 65.7 Å². The summed E-state index contributed by atoms with van der Waals surface area (Å²) in [6.45, 7) is 2.05. The Kier molecular flexibility index (Phi) is 3.88. The lowest BCUT2D eigenvalue weighted by Gasteiger charge is -2.09. The predicted octanol–water partition coefficient (Wildman–Crippen LogP) is 4.23. The lowest BCUT2D eigenvalue weighted by molar-refractivity contribution is -0.136. The van der Waals surface area contributed by atoms with Gasteiger partial charge >= 0.3 is 5.97 Å². The summed E-state index contributed by atoms with van der Waals surface area (Å²) in [6, 6.07) is 18.1. The molecule has 2 aromatic carbocycles. The largest absolute Gasteiger partial charge is 0.481 e. The molecule has 0 radical (unpaired) electrons. The number of hydrogen-bond donors (Lipinski definition) is 1. The Morgan fingerprint density at radius 3 is 2.68 bits per heavy atom. The molecule has 0 atom stereocenters. The maximum absolute atomic E-state index is 10.9. The number of aryl methyl sites for hydroxylation is 2. The number of nitrogens with zero attached hydrogens (tertiary/aromatic N) is 1. The first-order valence-electron chi connectivity index (χ1n) is 7.31. The summed E-state index contributed by atoms with van der Waals surface area (Å²) in [5.41, 5.74) is 5.07. The van der Waals surface area contributed by atoms with Gasteiger partial charge in [0.1, 0.15) is 0 Å². The molecule has 3 aromatic rings. The average Bonchev–Trinajstić information content (AvgIpc) is 2.52. The fraction of sp³-hybridized carbons (Fsp3) is 0.158. The highest BCUT2D eigenvalue weighted by Crippen LogP contribution is 2.26. The average molecular weight is 291 g/mol. The molecule has 0 fully saturated rings. The number of rotatable bonds is 4.